The normalized spacial score (nSPS) is 11.6. The zero-order valence-corrected chi connectivity index (χ0v) is 16.8. The zero-order valence-electron chi connectivity index (χ0n) is 16.8. The van der Waals surface area contributed by atoms with E-state index in [1.807, 2.05) is 33.8 Å². The maximum Gasteiger partial charge on any atom is 0.332 e. The lowest BCUT2D eigenvalue weighted by atomic mass is 10.3. The predicted molar refractivity (Wildman–Crippen MR) is 105 cm³/mol. The van der Waals surface area contributed by atoms with E-state index in [0.29, 0.717) is 5.95 Å². The fourth-order valence-electron chi connectivity index (χ4n) is 3.33. The van der Waals surface area contributed by atoms with Gasteiger partial charge in [0.25, 0.3) is 5.56 Å². The van der Waals surface area contributed by atoms with E-state index in [4.69, 9.17) is 5.73 Å². The number of rotatable bonds is 6. The van der Waals surface area contributed by atoms with Gasteiger partial charge in [0.2, 0.25) is 11.9 Å². The summed E-state index contributed by atoms with van der Waals surface area (Å²) in [6.45, 7) is 7.39. The number of amides is 1. The van der Waals surface area contributed by atoms with Crippen molar-refractivity contribution in [1.82, 2.24) is 28.5 Å². The second kappa shape index (κ2) is 7.10. The number of hydrogen-bond acceptors (Lipinski definition) is 5. The van der Waals surface area contributed by atoms with Crippen LogP contribution in [0, 0.1) is 0 Å². The Morgan fingerprint density at radius 2 is 1.89 bits per heavy atom. The van der Waals surface area contributed by atoms with Gasteiger partial charge in [-0.3, -0.25) is 18.7 Å². The predicted octanol–water partition coefficient (Wildman–Crippen LogP) is 0.273. The van der Waals surface area contributed by atoms with Gasteiger partial charge in [-0.15, -0.1) is 0 Å². The standard InChI is InChI=1S/C18H25N7O3/c1-6-11-8-12(7-2)25(21-11)17-20-15-14(24(17)10(3)4)16(27)23(9-13(19)26)18(28)22(15)5/h8,10H,6-7,9H2,1-5H3,(H2,19,26). The molecule has 0 radical (unpaired) electrons. The average molecular weight is 387 g/mol. The molecule has 0 unspecified atom stereocenters. The highest BCUT2D eigenvalue weighted by molar-refractivity contribution is 5.75. The van der Waals surface area contributed by atoms with Gasteiger partial charge in [0.05, 0.1) is 5.69 Å². The van der Waals surface area contributed by atoms with Gasteiger partial charge in [-0.1, -0.05) is 13.8 Å². The third-order valence-corrected chi connectivity index (χ3v) is 4.74. The Morgan fingerprint density at radius 1 is 1.21 bits per heavy atom. The third-order valence-electron chi connectivity index (χ3n) is 4.74. The molecule has 0 bridgehead atoms. The summed E-state index contributed by atoms with van der Waals surface area (Å²) in [6, 6.07) is 1.88. The molecule has 3 rings (SSSR count). The molecule has 1 amide bonds. The Hall–Kier alpha value is -3.17. The topological polar surface area (TPSA) is 123 Å². The van der Waals surface area contributed by atoms with E-state index in [9.17, 15) is 14.4 Å². The first-order chi connectivity index (χ1) is 13.2. The van der Waals surface area contributed by atoms with Gasteiger partial charge in [0.1, 0.15) is 6.54 Å². The molecule has 0 aliphatic heterocycles. The first kappa shape index (κ1) is 19.6. The van der Waals surface area contributed by atoms with Gasteiger partial charge in [0, 0.05) is 18.8 Å². The summed E-state index contributed by atoms with van der Waals surface area (Å²) in [5, 5.41) is 4.62. The zero-order chi connectivity index (χ0) is 20.7. The lowest BCUT2D eigenvalue weighted by molar-refractivity contribution is -0.118. The van der Waals surface area contributed by atoms with Crippen LogP contribution in [0.25, 0.3) is 17.1 Å². The monoisotopic (exact) mass is 387 g/mol. The Morgan fingerprint density at radius 3 is 2.43 bits per heavy atom. The third kappa shape index (κ3) is 2.94. The summed E-state index contributed by atoms with van der Waals surface area (Å²) in [6.07, 6.45) is 1.50. The van der Waals surface area contributed by atoms with Crippen LogP contribution in [0.2, 0.25) is 0 Å². The van der Waals surface area contributed by atoms with E-state index in [1.54, 1.807) is 9.25 Å². The molecule has 3 aromatic rings. The number of carbonyl (C=O) groups excluding carboxylic acids is 1. The summed E-state index contributed by atoms with van der Waals surface area (Å²) in [7, 11) is 1.52. The van der Waals surface area contributed by atoms with Crippen molar-refractivity contribution < 1.29 is 4.79 Å². The molecule has 0 atom stereocenters. The van der Waals surface area contributed by atoms with Crippen molar-refractivity contribution in [3.63, 3.8) is 0 Å². The Labute approximate surface area is 161 Å². The van der Waals surface area contributed by atoms with Gasteiger partial charge in [0.15, 0.2) is 11.2 Å². The van der Waals surface area contributed by atoms with E-state index in [0.717, 1.165) is 28.8 Å². The van der Waals surface area contributed by atoms with Crippen molar-refractivity contribution in [2.75, 3.05) is 0 Å². The summed E-state index contributed by atoms with van der Waals surface area (Å²) in [4.78, 5) is 41.6. The van der Waals surface area contributed by atoms with Crippen LogP contribution in [0.5, 0.6) is 0 Å². The molecular weight excluding hydrogens is 362 g/mol. The van der Waals surface area contributed by atoms with Gasteiger partial charge < -0.3 is 5.73 Å². The highest BCUT2D eigenvalue weighted by Gasteiger charge is 2.24. The summed E-state index contributed by atoms with van der Waals surface area (Å²) in [5.74, 6) is -0.298. The lowest BCUT2D eigenvalue weighted by Crippen LogP contribution is -2.42. The van der Waals surface area contributed by atoms with Crippen molar-refractivity contribution >= 4 is 17.1 Å². The van der Waals surface area contributed by atoms with E-state index in [1.165, 1.54) is 11.6 Å². The molecule has 0 aromatic carbocycles. The van der Waals surface area contributed by atoms with E-state index < -0.39 is 23.7 Å². The number of primary amides is 1. The van der Waals surface area contributed by atoms with Crippen molar-refractivity contribution in [2.24, 2.45) is 12.8 Å². The summed E-state index contributed by atoms with van der Waals surface area (Å²) < 4.78 is 5.58. The van der Waals surface area contributed by atoms with Crippen molar-refractivity contribution in [3.8, 4) is 5.95 Å². The van der Waals surface area contributed by atoms with Gasteiger partial charge in [-0.25, -0.2) is 14.0 Å². The molecule has 0 fully saturated rings. The summed E-state index contributed by atoms with van der Waals surface area (Å²) >= 11 is 0. The van der Waals surface area contributed by atoms with Gasteiger partial charge >= 0.3 is 5.69 Å². The number of imidazole rings is 1. The van der Waals surface area contributed by atoms with Crippen LogP contribution in [0.4, 0.5) is 0 Å². The van der Waals surface area contributed by atoms with Crippen LogP contribution in [0.3, 0.4) is 0 Å². The molecule has 0 saturated carbocycles. The molecule has 28 heavy (non-hydrogen) atoms. The molecule has 150 valence electrons. The number of aryl methyl sites for hydroxylation is 3. The summed E-state index contributed by atoms with van der Waals surface area (Å²) in [5.41, 5.74) is 6.35. The fourth-order valence-corrected chi connectivity index (χ4v) is 3.33. The van der Waals surface area contributed by atoms with Crippen LogP contribution < -0.4 is 17.0 Å². The van der Waals surface area contributed by atoms with Crippen LogP contribution >= 0.6 is 0 Å². The van der Waals surface area contributed by atoms with E-state index in [-0.39, 0.29) is 17.2 Å². The van der Waals surface area contributed by atoms with Crippen LogP contribution in [-0.4, -0.2) is 34.4 Å². The molecule has 3 aromatic heterocycles. The SMILES string of the molecule is CCc1cc(CC)n(-c2nc3c(c(=O)n(CC(N)=O)c(=O)n3C)n2C(C)C)n1. The minimum atomic E-state index is -0.762. The van der Waals surface area contributed by atoms with Crippen molar-refractivity contribution in [3.05, 3.63) is 38.3 Å². The molecule has 3 heterocycles. The largest absolute Gasteiger partial charge is 0.368 e. The van der Waals surface area contributed by atoms with Gasteiger partial charge in [-0.2, -0.15) is 10.1 Å². The van der Waals surface area contributed by atoms with E-state index in [2.05, 4.69) is 10.1 Å². The second-order valence-electron chi connectivity index (χ2n) is 6.99. The molecular formula is C18H25N7O3. The van der Waals surface area contributed by atoms with E-state index >= 15 is 0 Å². The number of aromatic nitrogens is 6. The minimum Gasteiger partial charge on any atom is -0.368 e. The first-order valence-electron chi connectivity index (χ1n) is 9.29. The van der Waals surface area contributed by atoms with Crippen LogP contribution in [-0.2, 0) is 31.2 Å². The molecule has 10 heteroatoms. The van der Waals surface area contributed by atoms with Crippen molar-refractivity contribution in [1.29, 1.82) is 0 Å². The Bertz CT molecular complexity index is 1180. The first-order valence-corrected chi connectivity index (χ1v) is 9.29. The van der Waals surface area contributed by atoms with Crippen LogP contribution in [0.1, 0.15) is 45.1 Å². The second-order valence-corrected chi connectivity index (χ2v) is 6.99. The molecule has 0 spiro atoms. The number of nitrogens with two attached hydrogens (primary N) is 1. The highest BCUT2D eigenvalue weighted by Crippen LogP contribution is 2.22. The molecule has 0 aliphatic rings. The maximum atomic E-state index is 13.1. The lowest BCUT2D eigenvalue weighted by Gasteiger charge is -2.14. The highest BCUT2D eigenvalue weighted by atomic mass is 16.2. The smallest absolute Gasteiger partial charge is 0.332 e. The van der Waals surface area contributed by atoms with Gasteiger partial charge in [-0.05, 0) is 32.8 Å². The average Bonchev–Trinajstić information content (AvgIpc) is 3.24. The molecule has 0 aliphatic carbocycles. The quantitative estimate of drug-likeness (QED) is 0.650. The molecule has 0 saturated heterocycles. The Kier molecular flexibility index (Phi) is 4.97. The minimum absolute atomic E-state index is 0.133. The number of carbonyl (C=O) groups is 1. The number of nitrogens with zero attached hydrogens (tertiary/aromatic N) is 6. The Balaban J connectivity index is 2.46. The maximum absolute atomic E-state index is 13.1. The number of hydrogen-bond donors (Lipinski definition) is 1. The van der Waals surface area contributed by atoms with Crippen LogP contribution in [0.15, 0.2) is 15.7 Å². The fraction of sp³-hybridized carbons (Fsp3) is 0.500. The molecule has 10 nitrogen and oxygen atoms in total. The number of fused-ring (bicyclic) bond motifs is 1. The molecule has 2 N–H and O–H groups in total. The van der Waals surface area contributed by atoms with Crippen molar-refractivity contribution in [2.45, 2.75) is 53.1 Å².